The van der Waals surface area contributed by atoms with Crippen molar-refractivity contribution in [2.24, 2.45) is 5.73 Å². The Balaban J connectivity index is 2.41. The summed E-state index contributed by atoms with van der Waals surface area (Å²) in [6, 6.07) is 6.03. The minimum absolute atomic E-state index is 0.0842. The molecule has 0 bridgehead atoms. The molecule has 0 aliphatic heterocycles. The summed E-state index contributed by atoms with van der Waals surface area (Å²) >= 11 is 0. The van der Waals surface area contributed by atoms with Gasteiger partial charge < -0.3 is 15.2 Å². The highest BCUT2D eigenvalue weighted by atomic mass is 16.5. The summed E-state index contributed by atoms with van der Waals surface area (Å²) in [5.74, 6) is 1.51. The SMILES string of the molecule is CCCCCCCCC(N)c1ccc(OC)c(OC)c1. The maximum absolute atomic E-state index is 6.25. The zero-order valence-electron chi connectivity index (χ0n) is 13.2. The Hall–Kier alpha value is -1.22. The second kappa shape index (κ2) is 9.65. The van der Waals surface area contributed by atoms with E-state index in [1.54, 1.807) is 14.2 Å². The monoisotopic (exact) mass is 279 g/mol. The lowest BCUT2D eigenvalue weighted by Crippen LogP contribution is -2.10. The van der Waals surface area contributed by atoms with Crippen molar-refractivity contribution in [1.29, 1.82) is 0 Å². The van der Waals surface area contributed by atoms with Crippen LogP contribution in [0.2, 0.25) is 0 Å². The fourth-order valence-electron chi connectivity index (χ4n) is 2.39. The van der Waals surface area contributed by atoms with Crippen LogP contribution in [0.3, 0.4) is 0 Å². The second-order valence-corrected chi connectivity index (χ2v) is 5.28. The van der Waals surface area contributed by atoms with Crippen molar-refractivity contribution in [2.45, 2.75) is 57.9 Å². The number of unbranched alkanes of at least 4 members (excludes halogenated alkanes) is 5. The van der Waals surface area contributed by atoms with Gasteiger partial charge in [0.05, 0.1) is 14.2 Å². The fourth-order valence-corrected chi connectivity index (χ4v) is 2.39. The number of ether oxygens (including phenoxy) is 2. The van der Waals surface area contributed by atoms with Crippen LogP contribution in [-0.4, -0.2) is 14.2 Å². The maximum Gasteiger partial charge on any atom is 0.161 e. The number of rotatable bonds is 10. The van der Waals surface area contributed by atoms with Crippen LogP contribution < -0.4 is 15.2 Å². The first-order valence-corrected chi connectivity index (χ1v) is 7.70. The van der Waals surface area contributed by atoms with Gasteiger partial charge in [0.25, 0.3) is 0 Å². The van der Waals surface area contributed by atoms with Crippen LogP contribution in [0, 0.1) is 0 Å². The van der Waals surface area contributed by atoms with Crippen molar-refractivity contribution in [2.75, 3.05) is 14.2 Å². The van der Waals surface area contributed by atoms with Gasteiger partial charge in [0.15, 0.2) is 11.5 Å². The largest absolute Gasteiger partial charge is 0.493 e. The molecule has 2 N–H and O–H groups in total. The molecule has 0 aromatic heterocycles. The van der Waals surface area contributed by atoms with E-state index >= 15 is 0 Å². The normalized spacial score (nSPS) is 12.2. The molecule has 0 amide bonds. The summed E-state index contributed by atoms with van der Waals surface area (Å²) in [6.07, 6.45) is 8.82. The number of hydrogen-bond acceptors (Lipinski definition) is 3. The number of benzene rings is 1. The number of methoxy groups -OCH3 is 2. The third kappa shape index (κ3) is 5.41. The zero-order chi connectivity index (χ0) is 14.8. The smallest absolute Gasteiger partial charge is 0.161 e. The van der Waals surface area contributed by atoms with Gasteiger partial charge in [0.1, 0.15) is 0 Å². The van der Waals surface area contributed by atoms with Crippen molar-refractivity contribution < 1.29 is 9.47 Å². The highest BCUT2D eigenvalue weighted by Crippen LogP contribution is 2.30. The van der Waals surface area contributed by atoms with Gasteiger partial charge in [0.2, 0.25) is 0 Å². The van der Waals surface area contributed by atoms with Gasteiger partial charge >= 0.3 is 0 Å². The van der Waals surface area contributed by atoms with Gasteiger partial charge in [-0.05, 0) is 24.1 Å². The molecule has 114 valence electrons. The molecular formula is C17H29NO2. The predicted octanol–water partition coefficient (Wildman–Crippen LogP) is 4.45. The first-order chi connectivity index (χ1) is 9.72. The summed E-state index contributed by atoms with van der Waals surface area (Å²) in [4.78, 5) is 0. The van der Waals surface area contributed by atoms with Crippen molar-refractivity contribution in [1.82, 2.24) is 0 Å². The minimum atomic E-state index is 0.0842. The lowest BCUT2D eigenvalue weighted by atomic mass is 10.00. The zero-order valence-corrected chi connectivity index (χ0v) is 13.2. The molecule has 0 radical (unpaired) electrons. The quantitative estimate of drug-likeness (QED) is 0.643. The van der Waals surface area contributed by atoms with Crippen molar-refractivity contribution >= 4 is 0 Å². The molecule has 0 heterocycles. The summed E-state index contributed by atoms with van der Waals surface area (Å²) in [7, 11) is 3.30. The Kier molecular flexibility index (Phi) is 8.12. The van der Waals surface area contributed by atoms with Crippen LogP contribution in [0.4, 0.5) is 0 Å². The third-order valence-electron chi connectivity index (χ3n) is 3.70. The molecule has 1 atom stereocenters. The molecule has 1 aromatic rings. The summed E-state index contributed by atoms with van der Waals surface area (Å²) in [5.41, 5.74) is 7.38. The molecule has 0 saturated carbocycles. The van der Waals surface area contributed by atoms with Crippen molar-refractivity contribution in [3.05, 3.63) is 23.8 Å². The first kappa shape index (κ1) is 16.8. The molecule has 1 aromatic carbocycles. The van der Waals surface area contributed by atoms with Crippen LogP contribution in [0.25, 0.3) is 0 Å². The van der Waals surface area contributed by atoms with Crippen LogP contribution in [0.5, 0.6) is 11.5 Å². The predicted molar refractivity (Wildman–Crippen MR) is 84.5 cm³/mol. The Bertz CT molecular complexity index is 379. The maximum atomic E-state index is 6.25. The Morgan fingerprint density at radius 2 is 1.60 bits per heavy atom. The average molecular weight is 279 g/mol. The first-order valence-electron chi connectivity index (χ1n) is 7.70. The molecule has 3 heteroatoms. The molecule has 1 rings (SSSR count). The van der Waals surface area contributed by atoms with Gasteiger partial charge in [-0.25, -0.2) is 0 Å². The molecule has 20 heavy (non-hydrogen) atoms. The lowest BCUT2D eigenvalue weighted by molar-refractivity contribution is 0.354. The van der Waals surface area contributed by atoms with Crippen LogP contribution in [0.1, 0.15) is 63.5 Å². The molecule has 0 aliphatic rings. The van der Waals surface area contributed by atoms with E-state index in [2.05, 4.69) is 6.92 Å². The van der Waals surface area contributed by atoms with E-state index in [-0.39, 0.29) is 6.04 Å². The molecule has 0 fully saturated rings. The van der Waals surface area contributed by atoms with E-state index in [0.717, 1.165) is 23.5 Å². The van der Waals surface area contributed by atoms with Gasteiger partial charge in [-0.15, -0.1) is 0 Å². The molecule has 0 spiro atoms. The fraction of sp³-hybridized carbons (Fsp3) is 0.647. The van der Waals surface area contributed by atoms with Crippen LogP contribution >= 0.6 is 0 Å². The number of hydrogen-bond donors (Lipinski definition) is 1. The summed E-state index contributed by atoms with van der Waals surface area (Å²) in [6.45, 7) is 2.24. The molecule has 3 nitrogen and oxygen atoms in total. The highest BCUT2D eigenvalue weighted by molar-refractivity contribution is 5.43. The Morgan fingerprint density at radius 3 is 2.25 bits per heavy atom. The number of nitrogens with two attached hydrogens (primary N) is 1. The topological polar surface area (TPSA) is 44.5 Å². The second-order valence-electron chi connectivity index (χ2n) is 5.28. The van der Waals surface area contributed by atoms with E-state index in [1.807, 2.05) is 18.2 Å². The van der Waals surface area contributed by atoms with Crippen LogP contribution in [0.15, 0.2) is 18.2 Å². The van der Waals surface area contributed by atoms with Crippen LogP contribution in [-0.2, 0) is 0 Å². The summed E-state index contributed by atoms with van der Waals surface area (Å²) < 4.78 is 10.6. The lowest BCUT2D eigenvalue weighted by Gasteiger charge is -2.15. The van der Waals surface area contributed by atoms with Gasteiger partial charge in [-0.2, -0.15) is 0 Å². The van der Waals surface area contributed by atoms with E-state index in [1.165, 1.54) is 38.5 Å². The van der Waals surface area contributed by atoms with Gasteiger partial charge in [0, 0.05) is 6.04 Å². The van der Waals surface area contributed by atoms with E-state index in [0.29, 0.717) is 0 Å². The van der Waals surface area contributed by atoms with E-state index < -0.39 is 0 Å². The minimum Gasteiger partial charge on any atom is -0.493 e. The van der Waals surface area contributed by atoms with E-state index in [9.17, 15) is 0 Å². The molecule has 1 unspecified atom stereocenters. The van der Waals surface area contributed by atoms with Crippen molar-refractivity contribution in [3.8, 4) is 11.5 Å². The molecule has 0 aliphatic carbocycles. The van der Waals surface area contributed by atoms with E-state index in [4.69, 9.17) is 15.2 Å². The summed E-state index contributed by atoms with van der Waals surface area (Å²) in [5, 5.41) is 0. The Labute approximate surface area is 123 Å². The van der Waals surface area contributed by atoms with Crippen molar-refractivity contribution in [3.63, 3.8) is 0 Å². The average Bonchev–Trinajstić information content (AvgIpc) is 2.49. The Morgan fingerprint density at radius 1 is 0.950 bits per heavy atom. The molecular weight excluding hydrogens is 250 g/mol. The third-order valence-corrected chi connectivity index (χ3v) is 3.70. The van der Waals surface area contributed by atoms with Gasteiger partial charge in [-0.1, -0.05) is 51.5 Å². The van der Waals surface area contributed by atoms with Gasteiger partial charge in [-0.3, -0.25) is 0 Å². The standard InChI is InChI=1S/C17H29NO2/c1-4-5-6-7-8-9-10-15(18)14-11-12-16(19-2)17(13-14)20-3/h11-13,15H,4-10,18H2,1-3H3. The molecule has 0 saturated heterocycles. The highest BCUT2D eigenvalue weighted by Gasteiger charge is 2.10.